The highest BCUT2D eigenvalue weighted by molar-refractivity contribution is 5.82. The van der Waals surface area contributed by atoms with Gasteiger partial charge in [0, 0.05) is 36.2 Å². The number of hydrogen-bond donors (Lipinski definition) is 2. The van der Waals surface area contributed by atoms with Crippen LogP contribution in [0.2, 0.25) is 0 Å². The van der Waals surface area contributed by atoms with Crippen molar-refractivity contribution in [3.63, 3.8) is 0 Å². The third kappa shape index (κ3) is 3.37. The molecule has 0 saturated heterocycles. The number of nitrogens with zero attached hydrogens (tertiary/aromatic N) is 1. The van der Waals surface area contributed by atoms with Crippen LogP contribution in [0.5, 0.6) is 0 Å². The molecule has 2 N–H and O–H groups in total. The quantitative estimate of drug-likeness (QED) is 0.836. The zero-order chi connectivity index (χ0) is 13.8. The molecule has 0 fully saturated rings. The first-order valence-electron chi connectivity index (χ1n) is 7.01. The lowest BCUT2D eigenvalue weighted by Crippen LogP contribution is -2.41. The molecule has 1 unspecified atom stereocenters. The number of H-pyrrole nitrogens is 1. The molecule has 3 nitrogen and oxygen atoms in total. The van der Waals surface area contributed by atoms with Crippen LogP contribution in [0.25, 0.3) is 10.9 Å². The van der Waals surface area contributed by atoms with Crippen LogP contribution in [0.15, 0.2) is 30.5 Å². The minimum atomic E-state index is 0.574. The highest BCUT2D eigenvalue weighted by atomic mass is 15.1. The number of para-hydroxylation sites is 1. The van der Waals surface area contributed by atoms with Crippen molar-refractivity contribution in [2.45, 2.75) is 26.4 Å². The first kappa shape index (κ1) is 14.1. The Morgan fingerprint density at radius 2 is 1.95 bits per heavy atom. The fourth-order valence-electron chi connectivity index (χ4n) is 2.65. The van der Waals surface area contributed by atoms with E-state index >= 15 is 0 Å². The van der Waals surface area contributed by atoms with Crippen LogP contribution < -0.4 is 5.32 Å². The number of aromatic nitrogens is 1. The van der Waals surface area contributed by atoms with Crippen LogP contribution in [0.3, 0.4) is 0 Å². The number of aromatic amines is 1. The smallest absolute Gasteiger partial charge is 0.0457 e. The Morgan fingerprint density at radius 3 is 2.63 bits per heavy atom. The molecule has 19 heavy (non-hydrogen) atoms. The maximum atomic E-state index is 3.58. The molecule has 3 heteroatoms. The summed E-state index contributed by atoms with van der Waals surface area (Å²) >= 11 is 0. The number of benzene rings is 1. The maximum absolute atomic E-state index is 3.58. The van der Waals surface area contributed by atoms with Crippen LogP contribution in [0.1, 0.15) is 19.4 Å². The fourth-order valence-corrected chi connectivity index (χ4v) is 2.65. The van der Waals surface area contributed by atoms with E-state index in [0.717, 1.165) is 13.1 Å². The number of likely N-dealkylation sites (N-methyl/N-ethyl adjacent to an activating group) is 1. The van der Waals surface area contributed by atoms with Crippen LogP contribution in [-0.2, 0) is 6.54 Å². The third-order valence-corrected chi connectivity index (χ3v) is 3.78. The summed E-state index contributed by atoms with van der Waals surface area (Å²) in [5.41, 5.74) is 2.56. The SMILES string of the molecule is CC(C)C(CNCc1c[nH]c2ccccc12)N(C)C. The number of nitrogens with one attached hydrogen (secondary N) is 2. The molecule has 1 aromatic heterocycles. The largest absolute Gasteiger partial charge is 0.361 e. The van der Waals surface area contributed by atoms with E-state index < -0.39 is 0 Å². The minimum absolute atomic E-state index is 0.574. The van der Waals surface area contributed by atoms with Crippen molar-refractivity contribution in [1.82, 2.24) is 15.2 Å². The molecule has 0 spiro atoms. The molecule has 0 amide bonds. The van der Waals surface area contributed by atoms with Gasteiger partial charge in [0.15, 0.2) is 0 Å². The summed E-state index contributed by atoms with van der Waals surface area (Å²) in [5.74, 6) is 0.658. The van der Waals surface area contributed by atoms with Crippen molar-refractivity contribution in [1.29, 1.82) is 0 Å². The monoisotopic (exact) mass is 259 g/mol. The van der Waals surface area contributed by atoms with Crippen molar-refractivity contribution >= 4 is 10.9 Å². The fraction of sp³-hybridized carbons (Fsp3) is 0.500. The Morgan fingerprint density at radius 1 is 1.21 bits per heavy atom. The van der Waals surface area contributed by atoms with E-state index in [1.165, 1.54) is 16.5 Å². The summed E-state index contributed by atoms with van der Waals surface area (Å²) in [6, 6.07) is 9.03. The molecule has 0 aliphatic heterocycles. The second-order valence-electron chi connectivity index (χ2n) is 5.77. The van der Waals surface area contributed by atoms with Crippen molar-refractivity contribution in [3.8, 4) is 0 Å². The first-order chi connectivity index (χ1) is 9.09. The van der Waals surface area contributed by atoms with Gasteiger partial charge in [-0.3, -0.25) is 0 Å². The second kappa shape index (κ2) is 6.22. The summed E-state index contributed by atoms with van der Waals surface area (Å²) in [6.07, 6.45) is 2.11. The van der Waals surface area contributed by atoms with Crippen molar-refractivity contribution in [3.05, 3.63) is 36.0 Å². The zero-order valence-electron chi connectivity index (χ0n) is 12.4. The highest BCUT2D eigenvalue weighted by Gasteiger charge is 2.15. The molecule has 104 valence electrons. The van der Waals surface area contributed by atoms with Crippen molar-refractivity contribution < 1.29 is 0 Å². The van der Waals surface area contributed by atoms with E-state index in [9.17, 15) is 0 Å². The highest BCUT2D eigenvalue weighted by Crippen LogP contribution is 2.17. The first-order valence-corrected chi connectivity index (χ1v) is 7.01. The normalized spacial score (nSPS) is 13.6. The molecule has 1 aromatic carbocycles. The van der Waals surface area contributed by atoms with Crippen LogP contribution in [-0.4, -0.2) is 36.6 Å². The van der Waals surface area contributed by atoms with E-state index in [0.29, 0.717) is 12.0 Å². The molecule has 0 aliphatic carbocycles. The molecular weight excluding hydrogens is 234 g/mol. The Kier molecular flexibility index (Phi) is 4.61. The van der Waals surface area contributed by atoms with Gasteiger partial charge in [0.25, 0.3) is 0 Å². The summed E-state index contributed by atoms with van der Waals surface area (Å²) in [4.78, 5) is 5.62. The van der Waals surface area contributed by atoms with Crippen LogP contribution >= 0.6 is 0 Å². The van der Waals surface area contributed by atoms with Gasteiger partial charge in [0.1, 0.15) is 0 Å². The third-order valence-electron chi connectivity index (χ3n) is 3.78. The van der Waals surface area contributed by atoms with Gasteiger partial charge in [-0.1, -0.05) is 32.0 Å². The van der Waals surface area contributed by atoms with Gasteiger partial charge in [-0.05, 0) is 31.6 Å². The van der Waals surface area contributed by atoms with E-state index in [-0.39, 0.29) is 0 Å². The van der Waals surface area contributed by atoms with Crippen molar-refractivity contribution in [2.24, 2.45) is 5.92 Å². The molecule has 0 saturated carbocycles. The molecule has 1 heterocycles. The van der Waals surface area contributed by atoms with E-state index in [1.54, 1.807) is 0 Å². The Balaban J connectivity index is 1.95. The molecule has 1 atom stereocenters. The van der Waals surface area contributed by atoms with Gasteiger partial charge in [-0.25, -0.2) is 0 Å². The number of hydrogen-bond acceptors (Lipinski definition) is 2. The maximum Gasteiger partial charge on any atom is 0.0457 e. The summed E-state index contributed by atoms with van der Waals surface area (Å²) in [5, 5.41) is 4.90. The second-order valence-corrected chi connectivity index (χ2v) is 5.77. The predicted molar refractivity (Wildman–Crippen MR) is 82.3 cm³/mol. The standard InChI is InChI=1S/C16H25N3/c1-12(2)16(19(3)4)11-17-9-13-10-18-15-8-6-5-7-14(13)15/h5-8,10,12,16-18H,9,11H2,1-4H3. The lowest BCUT2D eigenvalue weighted by Gasteiger charge is -2.28. The molecule has 0 radical (unpaired) electrons. The minimum Gasteiger partial charge on any atom is -0.361 e. The van der Waals surface area contributed by atoms with E-state index in [1.807, 2.05) is 0 Å². The number of fused-ring (bicyclic) bond motifs is 1. The molecular formula is C16H25N3. The van der Waals surface area contributed by atoms with Crippen LogP contribution in [0.4, 0.5) is 0 Å². The average Bonchev–Trinajstić information content (AvgIpc) is 2.77. The van der Waals surface area contributed by atoms with Gasteiger partial charge >= 0.3 is 0 Å². The summed E-state index contributed by atoms with van der Waals surface area (Å²) < 4.78 is 0. The molecule has 0 bridgehead atoms. The van der Waals surface area contributed by atoms with Crippen LogP contribution in [0, 0.1) is 5.92 Å². The number of rotatable bonds is 6. The van der Waals surface area contributed by atoms with Gasteiger partial charge in [-0.2, -0.15) is 0 Å². The van der Waals surface area contributed by atoms with E-state index in [2.05, 4.69) is 73.6 Å². The van der Waals surface area contributed by atoms with Gasteiger partial charge in [0.2, 0.25) is 0 Å². The van der Waals surface area contributed by atoms with E-state index in [4.69, 9.17) is 0 Å². The average molecular weight is 259 g/mol. The Labute approximate surface area is 116 Å². The predicted octanol–water partition coefficient (Wildman–Crippen LogP) is 2.84. The van der Waals surface area contributed by atoms with Gasteiger partial charge < -0.3 is 15.2 Å². The Hall–Kier alpha value is -1.32. The van der Waals surface area contributed by atoms with Gasteiger partial charge in [0.05, 0.1) is 0 Å². The summed E-state index contributed by atoms with van der Waals surface area (Å²) in [6.45, 7) is 6.49. The lowest BCUT2D eigenvalue weighted by molar-refractivity contribution is 0.224. The molecule has 2 aromatic rings. The van der Waals surface area contributed by atoms with Gasteiger partial charge in [-0.15, -0.1) is 0 Å². The molecule has 2 rings (SSSR count). The van der Waals surface area contributed by atoms with Crippen molar-refractivity contribution in [2.75, 3.05) is 20.6 Å². The zero-order valence-corrected chi connectivity index (χ0v) is 12.4. The lowest BCUT2D eigenvalue weighted by atomic mass is 10.0. The summed E-state index contributed by atoms with van der Waals surface area (Å²) in [7, 11) is 4.30. The molecule has 0 aliphatic rings. The topological polar surface area (TPSA) is 31.1 Å². The Bertz CT molecular complexity index is 505.